The zero-order valence-electron chi connectivity index (χ0n) is 14.6. The highest BCUT2D eigenvalue weighted by Crippen LogP contribution is 2.39. The summed E-state index contributed by atoms with van der Waals surface area (Å²) in [6.45, 7) is 10.0. The fourth-order valence-electron chi connectivity index (χ4n) is 2.64. The van der Waals surface area contributed by atoms with Gasteiger partial charge in [-0.2, -0.15) is 0 Å². The van der Waals surface area contributed by atoms with E-state index in [1.807, 2.05) is 32.6 Å². The Morgan fingerprint density at radius 1 is 1.39 bits per heavy atom. The van der Waals surface area contributed by atoms with Gasteiger partial charge >= 0.3 is 7.12 Å². The van der Waals surface area contributed by atoms with Crippen LogP contribution >= 0.6 is 0 Å². The van der Waals surface area contributed by atoms with Crippen LogP contribution in [0.5, 0.6) is 0 Å². The number of carbonyl (C=O) groups is 1. The van der Waals surface area contributed by atoms with Gasteiger partial charge in [0.1, 0.15) is 0 Å². The van der Waals surface area contributed by atoms with Gasteiger partial charge in [-0.15, -0.1) is 0 Å². The minimum absolute atomic E-state index is 0.130. The molecule has 3 N–H and O–H groups in total. The second-order valence-electron chi connectivity index (χ2n) is 7.03. The number of hydrogen-bond donors (Lipinski definition) is 2. The van der Waals surface area contributed by atoms with Crippen molar-refractivity contribution in [3.8, 4) is 0 Å². The lowest BCUT2D eigenvalue weighted by atomic mass is 9.76. The zero-order valence-corrected chi connectivity index (χ0v) is 14.6. The number of carbonyl (C=O) groups excluding carboxylic acids is 1. The quantitative estimate of drug-likeness (QED) is 0.587. The van der Waals surface area contributed by atoms with Gasteiger partial charge in [0.25, 0.3) is 0 Å². The first-order chi connectivity index (χ1) is 10.8. The van der Waals surface area contributed by atoms with Gasteiger partial charge in [0.05, 0.1) is 11.2 Å². The largest absolute Gasteiger partial charge is 0.492 e. The van der Waals surface area contributed by atoms with Crippen molar-refractivity contribution in [3.63, 3.8) is 0 Å². The minimum Gasteiger partial charge on any atom is -0.403 e. The number of amides is 1. The number of hydrogen-bond acceptors (Lipinski definition) is 5. The molecule has 0 aromatic carbocycles. The average molecular weight is 321 g/mol. The van der Waals surface area contributed by atoms with Crippen LogP contribution in [0.25, 0.3) is 0 Å². The van der Waals surface area contributed by atoms with Gasteiger partial charge < -0.3 is 25.3 Å². The second-order valence-corrected chi connectivity index (χ2v) is 7.03. The molecule has 0 aromatic rings. The van der Waals surface area contributed by atoms with Crippen LogP contribution in [0.2, 0.25) is 0 Å². The van der Waals surface area contributed by atoms with Crippen LogP contribution in [0.15, 0.2) is 23.9 Å². The van der Waals surface area contributed by atoms with Crippen molar-refractivity contribution < 1.29 is 14.1 Å². The molecule has 0 bridgehead atoms. The topological polar surface area (TPSA) is 76.8 Å². The molecule has 0 atom stereocenters. The fraction of sp³-hybridized carbons (Fsp3) is 0.688. The molecule has 0 radical (unpaired) electrons. The van der Waals surface area contributed by atoms with Crippen molar-refractivity contribution in [2.24, 2.45) is 5.73 Å². The predicted molar refractivity (Wildman–Crippen MR) is 91.3 cm³/mol. The van der Waals surface area contributed by atoms with E-state index in [-0.39, 0.29) is 24.2 Å². The molecule has 23 heavy (non-hydrogen) atoms. The first-order valence-corrected chi connectivity index (χ1v) is 8.19. The van der Waals surface area contributed by atoms with Crippen LogP contribution in [0.3, 0.4) is 0 Å². The molecule has 0 aromatic heterocycles. The van der Waals surface area contributed by atoms with Crippen LogP contribution in [-0.2, 0) is 14.1 Å². The summed E-state index contributed by atoms with van der Waals surface area (Å²) in [7, 11) is -0.367. The van der Waals surface area contributed by atoms with Crippen LogP contribution < -0.4 is 11.1 Å². The van der Waals surface area contributed by atoms with Crippen molar-refractivity contribution in [2.75, 3.05) is 19.6 Å². The van der Waals surface area contributed by atoms with Crippen LogP contribution in [0.4, 0.5) is 0 Å². The SMILES string of the molecule is CC1(C)OB(C2=CCCN(C(=O)CCN/C=C\N)C2)OC1(C)C. The maximum absolute atomic E-state index is 12.3. The Hall–Kier alpha value is -1.47. The van der Waals surface area contributed by atoms with E-state index in [2.05, 4.69) is 11.4 Å². The Labute approximate surface area is 139 Å². The average Bonchev–Trinajstić information content (AvgIpc) is 2.72. The highest BCUT2D eigenvalue weighted by atomic mass is 16.7. The summed E-state index contributed by atoms with van der Waals surface area (Å²) in [4.78, 5) is 14.2. The molecule has 1 saturated heterocycles. The molecule has 0 unspecified atom stereocenters. The normalized spacial score (nSPS) is 23.2. The fourth-order valence-corrected chi connectivity index (χ4v) is 2.64. The summed E-state index contributed by atoms with van der Waals surface area (Å²) in [6.07, 6.45) is 6.48. The van der Waals surface area contributed by atoms with E-state index >= 15 is 0 Å². The molecule has 2 aliphatic heterocycles. The maximum atomic E-state index is 12.3. The lowest BCUT2D eigenvalue weighted by Crippen LogP contribution is -2.41. The first-order valence-electron chi connectivity index (χ1n) is 8.19. The Morgan fingerprint density at radius 3 is 2.65 bits per heavy atom. The molecule has 2 heterocycles. The summed E-state index contributed by atoms with van der Waals surface area (Å²) in [6, 6.07) is 0. The molecule has 128 valence electrons. The molecule has 0 spiro atoms. The van der Waals surface area contributed by atoms with Crippen LogP contribution in [0, 0.1) is 0 Å². The molecule has 6 nitrogen and oxygen atoms in total. The van der Waals surface area contributed by atoms with E-state index in [1.165, 1.54) is 6.20 Å². The zero-order chi connectivity index (χ0) is 17.1. The predicted octanol–water partition coefficient (Wildman–Crippen LogP) is 1.19. The van der Waals surface area contributed by atoms with E-state index in [0.717, 1.165) is 18.4 Å². The van der Waals surface area contributed by atoms with Crippen molar-refractivity contribution in [1.29, 1.82) is 0 Å². The molecular weight excluding hydrogens is 293 g/mol. The van der Waals surface area contributed by atoms with Gasteiger partial charge in [0, 0.05) is 38.5 Å². The number of nitrogens with one attached hydrogen (secondary N) is 1. The lowest BCUT2D eigenvalue weighted by Gasteiger charge is -2.32. The summed E-state index contributed by atoms with van der Waals surface area (Å²) < 4.78 is 12.2. The Morgan fingerprint density at radius 2 is 2.04 bits per heavy atom. The van der Waals surface area contributed by atoms with Crippen LogP contribution in [-0.4, -0.2) is 48.8 Å². The molecule has 1 fully saturated rings. The smallest absolute Gasteiger partial charge is 0.403 e. The number of rotatable bonds is 5. The second kappa shape index (κ2) is 6.97. The Kier molecular flexibility index (Phi) is 5.42. The molecule has 7 heteroatoms. The number of nitrogens with zero attached hydrogens (tertiary/aromatic N) is 1. The number of nitrogens with two attached hydrogens (primary N) is 1. The van der Waals surface area contributed by atoms with Crippen molar-refractivity contribution in [3.05, 3.63) is 23.9 Å². The van der Waals surface area contributed by atoms with E-state index < -0.39 is 0 Å². The van der Waals surface area contributed by atoms with Crippen molar-refractivity contribution >= 4 is 13.0 Å². The molecule has 2 rings (SSSR count). The third-order valence-corrected chi connectivity index (χ3v) is 4.78. The van der Waals surface area contributed by atoms with E-state index in [9.17, 15) is 4.79 Å². The first kappa shape index (κ1) is 17.9. The summed E-state index contributed by atoms with van der Waals surface area (Å²) >= 11 is 0. The van der Waals surface area contributed by atoms with Gasteiger partial charge in [-0.05, 0) is 39.6 Å². The molecule has 2 aliphatic rings. The summed E-state index contributed by atoms with van der Waals surface area (Å²) in [5.74, 6) is 0.130. The van der Waals surface area contributed by atoms with Crippen LogP contribution in [0.1, 0.15) is 40.5 Å². The molecule has 1 amide bonds. The van der Waals surface area contributed by atoms with Crippen molar-refractivity contribution in [1.82, 2.24) is 10.2 Å². The van der Waals surface area contributed by atoms with Gasteiger partial charge in [-0.25, -0.2) is 0 Å². The molecular formula is C16H28BN3O3. The van der Waals surface area contributed by atoms with E-state index in [1.54, 1.807) is 6.20 Å². The monoisotopic (exact) mass is 321 g/mol. The van der Waals surface area contributed by atoms with Gasteiger partial charge in [0.2, 0.25) is 5.91 Å². The van der Waals surface area contributed by atoms with E-state index in [4.69, 9.17) is 15.0 Å². The molecule has 0 aliphatic carbocycles. The van der Waals surface area contributed by atoms with Gasteiger partial charge in [-0.3, -0.25) is 4.79 Å². The third kappa shape index (κ3) is 4.09. The molecule has 0 saturated carbocycles. The summed E-state index contributed by atoms with van der Waals surface area (Å²) in [5.41, 5.74) is 5.57. The Bertz CT molecular complexity index is 487. The minimum atomic E-state index is -0.367. The van der Waals surface area contributed by atoms with E-state index in [0.29, 0.717) is 19.5 Å². The van der Waals surface area contributed by atoms with Gasteiger partial charge in [-0.1, -0.05) is 6.08 Å². The van der Waals surface area contributed by atoms with Gasteiger partial charge in [0.15, 0.2) is 0 Å². The standard InChI is InChI=1S/C16H28BN3O3/c1-15(2)16(3,4)23-17(22-15)13-6-5-11-20(12-13)14(21)7-9-19-10-8-18/h6,8,10,19H,5,7,9,11-12,18H2,1-4H3/b10-8-. The highest BCUT2D eigenvalue weighted by molar-refractivity contribution is 6.54. The van der Waals surface area contributed by atoms with Crippen molar-refractivity contribution in [2.45, 2.75) is 51.7 Å². The Balaban J connectivity index is 1.91. The highest BCUT2D eigenvalue weighted by Gasteiger charge is 2.52. The summed E-state index contributed by atoms with van der Waals surface area (Å²) in [5, 5.41) is 2.98. The maximum Gasteiger partial charge on any atom is 0.492 e. The lowest BCUT2D eigenvalue weighted by molar-refractivity contribution is -0.130. The third-order valence-electron chi connectivity index (χ3n) is 4.78.